The summed E-state index contributed by atoms with van der Waals surface area (Å²) in [7, 11) is 1.56. The van der Waals surface area contributed by atoms with E-state index in [1.807, 2.05) is 31.2 Å². The zero-order chi connectivity index (χ0) is 10.8. The van der Waals surface area contributed by atoms with Crippen molar-refractivity contribution in [1.29, 1.82) is 5.26 Å². The second-order valence-electron chi connectivity index (χ2n) is 3.23. The molecule has 0 unspecified atom stereocenters. The number of nitrogens with zero attached hydrogens (tertiary/aromatic N) is 2. The van der Waals surface area contributed by atoms with Crippen LogP contribution >= 0.6 is 0 Å². The molecule has 2 rings (SSSR count). The highest BCUT2D eigenvalue weighted by Crippen LogP contribution is 2.28. The SMILES string of the molecule is COc1c(C)nc2ccccc2c1C#N. The lowest BCUT2D eigenvalue weighted by atomic mass is 10.1. The maximum absolute atomic E-state index is 9.11. The smallest absolute Gasteiger partial charge is 0.158 e. The average molecular weight is 198 g/mol. The number of fused-ring (bicyclic) bond motifs is 1. The third kappa shape index (κ3) is 1.40. The minimum Gasteiger partial charge on any atom is -0.493 e. The molecule has 1 aromatic heterocycles. The van der Waals surface area contributed by atoms with Gasteiger partial charge in [-0.15, -0.1) is 0 Å². The molecule has 0 aliphatic rings. The van der Waals surface area contributed by atoms with Crippen molar-refractivity contribution in [1.82, 2.24) is 4.98 Å². The van der Waals surface area contributed by atoms with Crippen LogP contribution in [0.4, 0.5) is 0 Å². The van der Waals surface area contributed by atoms with Crippen molar-refractivity contribution in [3.63, 3.8) is 0 Å². The molecule has 0 radical (unpaired) electrons. The topological polar surface area (TPSA) is 45.9 Å². The Morgan fingerprint density at radius 3 is 2.73 bits per heavy atom. The van der Waals surface area contributed by atoms with Crippen LogP contribution in [-0.2, 0) is 0 Å². The van der Waals surface area contributed by atoms with E-state index in [0.717, 1.165) is 16.6 Å². The van der Waals surface area contributed by atoms with E-state index in [2.05, 4.69) is 11.1 Å². The summed E-state index contributed by atoms with van der Waals surface area (Å²) in [6.07, 6.45) is 0. The molecule has 0 atom stereocenters. The first-order chi connectivity index (χ1) is 7.27. The average Bonchev–Trinajstić information content (AvgIpc) is 2.27. The van der Waals surface area contributed by atoms with E-state index in [4.69, 9.17) is 10.00 Å². The molecule has 74 valence electrons. The van der Waals surface area contributed by atoms with Gasteiger partial charge in [0.05, 0.1) is 18.3 Å². The highest BCUT2D eigenvalue weighted by atomic mass is 16.5. The van der Waals surface area contributed by atoms with Crippen molar-refractivity contribution < 1.29 is 4.74 Å². The molecular weight excluding hydrogens is 188 g/mol. The predicted molar refractivity (Wildman–Crippen MR) is 57.7 cm³/mol. The number of para-hydroxylation sites is 1. The minimum absolute atomic E-state index is 0.556. The summed E-state index contributed by atoms with van der Waals surface area (Å²) < 4.78 is 5.19. The Hall–Kier alpha value is -2.08. The van der Waals surface area contributed by atoms with E-state index in [0.29, 0.717) is 11.3 Å². The maximum Gasteiger partial charge on any atom is 0.158 e. The first-order valence-corrected chi connectivity index (χ1v) is 4.61. The van der Waals surface area contributed by atoms with Crippen LogP contribution in [0.25, 0.3) is 10.9 Å². The Morgan fingerprint density at radius 2 is 2.07 bits per heavy atom. The van der Waals surface area contributed by atoms with Crippen LogP contribution in [0.2, 0.25) is 0 Å². The Balaban J connectivity index is 2.93. The van der Waals surface area contributed by atoms with Gasteiger partial charge in [-0.3, -0.25) is 0 Å². The van der Waals surface area contributed by atoms with Gasteiger partial charge in [0.1, 0.15) is 11.6 Å². The van der Waals surface area contributed by atoms with Crippen LogP contribution in [0, 0.1) is 18.3 Å². The Labute approximate surface area is 87.9 Å². The summed E-state index contributed by atoms with van der Waals surface area (Å²) in [5.41, 5.74) is 2.13. The van der Waals surface area contributed by atoms with E-state index in [1.165, 1.54) is 0 Å². The largest absolute Gasteiger partial charge is 0.493 e. The van der Waals surface area contributed by atoms with E-state index in [9.17, 15) is 0 Å². The number of hydrogen-bond acceptors (Lipinski definition) is 3. The quantitative estimate of drug-likeness (QED) is 0.706. The number of aromatic nitrogens is 1. The molecule has 0 aliphatic heterocycles. The first-order valence-electron chi connectivity index (χ1n) is 4.61. The molecule has 2 aromatic rings. The van der Waals surface area contributed by atoms with Crippen molar-refractivity contribution in [2.24, 2.45) is 0 Å². The highest BCUT2D eigenvalue weighted by molar-refractivity contribution is 5.87. The van der Waals surface area contributed by atoms with Gasteiger partial charge >= 0.3 is 0 Å². The summed E-state index contributed by atoms with van der Waals surface area (Å²) in [5, 5.41) is 9.95. The van der Waals surface area contributed by atoms with E-state index >= 15 is 0 Å². The van der Waals surface area contributed by atoms with Crippen LogP contribution in [-0.4, -0.2) is 12.1 Å². The minimum atomic E-state index is 0.556. The molecule has 0 spiro atoms. The molecule has 0 fully saturated rings. The molecule has 1 heterocycles. The number of aryl methyl sites for hydroxylation is 1. The van der Waals surface area contributed by atoms with Gasteiger partial charge in [-0.25, -0.2) is 4.98 Å². The van der Waals surface area contributed by atoms with Gasteiger partial charge < -0.3 is 4.74 Å². The van der Waals surface area contributed by atoms with E-state index in [-0.39, 0.29) is 0 Å². The van der Waals surface area contributed by atoms with Crippen molar-refractivity contribution in [3.8, 4) is 11.8 Å². The van der Waals surface area contributed by atoms with Gasteiger partial charge in [0.2, 0.25) is 0 Å². The lowest BCUT2D eigenvalue weighted by Gasteiger charge is -2.08. The number of methoxy groups -OCH3 is 1. The molecule has 0 saturated carbocycles. The molecule has 1 aromatic carbocycles. The molecule has 3 heteroatoms. The number of pyridine rings is 1. The lowest BCUT2D eigenvalue weighted by molar-refractivity contribution is 0.409. The summed E-state index contributed by atoms with van der Waals surface area (Å²) >= 11 is 0. The van der Waals surface area contributed by atoms with Crippen LogP contribution in [0.1, 0.15) is 11.3 Å². The third-order valence-electron chi connectivity index (χ3n) is 2.33. The number of hydrogen-bond donors (Lipinski definition) is 0. The van der Waals surface area contributed by atoms with Crippen LogP contribution in [0.5, 0.6) is 5.75 Å². The van der Waals surface area contributed by atoms with Gasteiger partial charge in [0.25, 0.3) is 0 Å². The Kier molecular flexibility index (Phi) is 2.26. The Morgan fingerprint density at radius 1 is 1.33 bits per heavy atom. The fourth-order valence-corrected chi connectivity index (χ4v) is 1.68. The van der Waals surface area contributed by atoms with Gasteiger partial charge in [-0.1, -0.05) is 18.2 Å². The zero-order valence-corrected chi connectivity index (χ0v) is 8.61. The zero-order valence-electron chi connectivity index (χ0n) is 8.61. The fraction of sp³-hybridized carbons (Fsp3) is 0.167. The highest BCUT2D eigenvalue weighted by Gasteiger charge is 2.11. The molecule has 3 nitrogen and oxygen atoms in total. The fourth-order valence-electron chi connectivity index (χ4n) is 1.68. The lowest BCUT2D eigenvalue weighted by Crippen LogP contribution is -1.96. The van der Waals surface area contributed by atoms with Crippen LogP contribution < -0.4 is 4.74 Å². The molecule has 0 saturated heterocycles. The second kappa shape index (κ2) is 3.58. The van der Waals surface area contributed by atoms with Crippen LogP contribution in [0.15, 0.2) is 24.3 Å². The van der Waals surface area contributed by atoms with Crippen LogP contribution in [0.3, 0.4) is 0 Å². The number of rotatable bonds is 1. The van der Waals surface area contributed by atoms with Gasteiger partial charge in [0, 0.05) is 5.39 Å². The molecule has 15 heavy (non-hydrogen) atoms. The predicted octanol–water partition coefficient (Wildman–Crippen LogP) is 2.42. The number of ether oxygens (including phenoxy) is 1. The maximum atomic E-state index is 9.11. The van der Waals surface area contributed by atoms with Gasteiger partial charge in [0.15, 0.2) is 5.75 Å². The van der Waals surface area contributed by atoms with Gasteiger partial charge in [-0.05, 0) is 13.0 Å². The molecule has 0 N–H and O–H groups in total. The normalized spacial score (nSPS) is 9.93. The molecular formula is C12H10N2O. The molecule has 0 aliphatic carbocycles. The van der Waals surface area contributed by atoms with Crippen molar-refractivity contribution in [2.45, 2.75) is 6.92 Å². The van der Waals surface area contributed by atoms with Crippen molar-refractivity contribution >= 4 is 10.9 Å². The monoisotopic (exact) mass is 198 g/mol. The summed E-state index contributed by atoms with van der Waals surface area (Å²) in [5.74, 6) is 0.566. The Bertz CT molecular complexity index is 555. The third-order valence-corrected chi connectivity index (χ3v) is 2.33. The second-order valence-corrected chi connectivity index (χ2v) is 3.23. The summed E-state index contributed by atoms with van der Waals surface area (Å²) in [6.45, 7) is 1.84. The summed E-state index contributed by atoms with van der Waals surface area (Å²) in [4.78, 5) is 4.38. The number of benzene rings is 1. The van der Waals surface area contributed by atoms with Gasteiger partial charge in [-0.2, -0.15) is 5.26 Å². The standard InChI is InChI=1S/C12H10N2O/c1-8-12(15-2)10(7-13)9-5-3-4-6-11(9)14-8/h3-6H,1-2H3. The van der Waals surface area contributed by atoms with Crippen molar-refractivity contribution in [3.05, 3.63) is 35.5 Å². The summed E-state index contributed by atoms with van der Waals surface area (Å²) in [6, 6.07) is 9.73. The molecule has 0 bridgehead atoms. The van der Waals surface area contributed by atoms with E-state index in [1.54, 1.807) is 7.11 Å². The van der Waals surface area contributed by atoms with E-state index < -0.39 is 0 Å². The molecule has 0 amide bonds. The number of nitriles is 1. The van der Waals surface area contributed by atoms with Crippen molar-refractivity contribution in [2.75, 3.05) is 7.11 Å². The first kappa shape index (κ1) is 9.47.